The van der Waals surface area contributed by atoms with Crippen LogP contribution in [-0.2, 0) is 4.79 Å². The maximum atomic E-state index is 12.2. The Morgan fingerprint density at radius 2 is 2.19 bits per heavy atom. The van der Waals surface area contributed by atoms with Gasteiger partial charge in [-0.1, -0.05) is 26.8 Å². The highest BCUT2D eigenvalue weighted by molar-refractivity contribution is 6.04. The van der Waals surface area contributed by atoms with E-state index in [4.69, 9.17) is 5.26 Å². The largest absolute Gasteiger partial charge is 0.316 e. The van der Waals surface area contributed by atoms with Crippen molar-refractivity contribution < 1.29 is 4.79 Å². The molecule has 1 N–H and O–H groups in total. The third-order valence-corrected chi connectivity index (χ3v) is 4.21. The van der Waals surface area contributed by atoms with Crippen molar-refractivity contribution in [1.29, 1.82) is 5.26 Å². The lowest BCUT2D eigenvalue weighted by molar-refractivity contribution is -0.130. The Labute approximate surface area is 96.5 Å². The van der Waals surface area contributed by atoms with Crippen LogP contribution in [0.3, 0.4) is 0 Å². The highest BCUT2D eigenvalue weighted by atomic mass is 16.1. The Morgan fingerprint density at radius 1 is 1.50 bits per heavy atom. The molecule has 0 bridgehead atoms. The monoisotopic (exact) mass is 218 g/mol. The molecule has 3 heteroatoms. The molecule has 1 aliphatic carbocycles. The number of carbonyl (C=O) groups is 1. The normalized spacial score (nSPS) is 37.2. The first-order valence-electron chi connectivity index (χ1n) is 5.80. The first-order chi connectivity index (χ1) is 7.42. The molecule has 2 aliphatic rings. The zero-order valence-corrected chi connectivity index (χ0v) is 10.1. The van der Waals surface area contributed by atoms with Crippen molar-refractivity contribution in [3.63, 3.8) is 0 Å². The summed E-state index contributed by atoms with van der Waals surface area (Å²) < 4.78 is 0. The number of ketones is 1. The fourth-order valence-corrected chi connectivity index (χ4v) is 3.38. The van der Waals surface area contributed by atoms with Crippen LogP contribution in [0.1, 0.15) is 27.2 Å². The van der Waals surface area contributed by atoms with Crippen LogP contribution in [0, 0.1) is 28.1 Å². The van der Waals surface area contributed by atoms with E-state index in [1.807, 2.05) is 19.9 Å². The summed E-state index contributed by atoms with van der Waals surface area (Å²) in [5.74, 6) is 0.352. The van der Waals surface area contributed by atoms with Crippen LogP contribution in [0.15, 0.2) is 11.6 Å². The number of carbonyl (C=O) groups excluding carboxylic acids is 1. The van der Waals surface area contributed by atoms with E-state index in [9.17, 15) is 4.79 Å². The Bertz CT molecular complexity index is 403. The Kier molecular flexibility index (Phi) is 2.43. The van der Waals surface area contributed by atoms with Crippen LogP contribution >= 0.6 is 0 Å². The minimum Gasteiger partial charge on any atom is -0.316 e. The Morgan fingerprint density at radius 3 is 2.81 bits per heavy atom. The lowest BCUT2D eigenvalue weighted by atomic mass is 9.55. The number of rotatable bonds is 0. The molecule has 1 saturated heterocycles. The van der Waals surface area contributed by atoms with Crippen LogP contribution < -0.4 is 5.32 Å². The lowest BCUT2D eigenvalue weighted by Crippen LogP contribution is -2.54. The molecule has 3 nitrogen and oxygen atoms in total. The number of hydrogen-bond acceptors (Lipinski definition) is 3. The number of fused-ring (bicyclic) bond motifs is 1. The molecule has 0 aromatic heterocycles. The summed E-state index contributed by atoms with van der Waals surface area (Å²) >= 11 is 0. The number of piperidine rings is 1. The quantitative estimate of drug-likeness (QED) is 0.672. The average Bonchev–Trinajstić information content (AvgIpc) is 2.24. The van der Waals surface area contributed by atoms with Gasteiger partial charge in [0.1, 0.15) is 6.07 Å². The molecule has 1 fully saturated rings. The highest BCUT2D eigenvalue weighted by Crippen LogP contribution is 2.50. The Balaban J connectivity index is 2.53. The molecule has 1 aliphatic heterocycles. The van der Waals surface area contributed by atoms with E-state index in [2.05, 4.69) is 18.3 Å². The molecule has 0 spiro atoms. The number of hydrogen-bond donors (Lipinski definition) is 1. The number of allylic oxidation sites excluding steroid dienone is 1. The average molecular weight is 218 g/mol. The molecule has 0 amide bonds. The smallest absolute Gasteiger partial charge is 0.178 e. The van der Waals surface area contributed by atoms with Crippen molar-refractivity contribution in [2.75, 3.05) is 13.1 Å². The van der Waals surface area contributed by atoms with Gasteiger partial charge in [-0.05, 0) is 18.9 Å². The van der Waals surface area contributed by atoms with Gasteiger partial charge in [0.2, 0.25) is 0 Å². The van der Waals surface area contributed by atoms with Crippen LogP contribution in [0.25, 0.3) is 0 Å². The predicted molar refractivity (Wildman–Crippen MR) is 61.6 cm³/mol. The summed E-state index contributed by atoms with van der Waals surface area (Å²) in [5, 5.41) is 12.4. The summed E-state index contributed by atoms with van der Waals surface area (Å²) in [6, 6.07) is 2.05. The second kappa shape index (κ2) is 3.43. The minimum absolute atomic E-state index is 0.0133. The van der Waals surface area contributed by atoms with E-state index in [1.165, 1.54) is 0 Å². The Hall–Kier alpha value is -1.14. The van der Waals surface area contributed by atoms with E-state index < -0.39 is 5.41 Å². The van der Waals surface area contributed by atoms with Crippen molar-refractivity contribution in [3.05, 3.63) is 11.6 Å². The van der Waals surface area contributed by atoms with Gasteiger partial charge >= 0.3 is 0 Å². The van der Waals surface area contributed by atoms with Gasteiger partial charge in [0, 0.05) is 17.4 Å². The van der Waals surface area contributed by atoms with Crippen LogP contribution in [0.2, 0.25) is 0 Å². The van der Waals surface area contributed by atoms with Crippen LogP contribution in [0.4, 0.5) is 0 Å². The molecule has 86 valence electrons. The first kappa shape index (κ1) is 11.3. The SMILES string of the molecule is CC1(C)C(=O)C(C#N)=C[C@]2(C)CNCC[C@@H]12. The summed E-state index contributed by atoms with van der Waals surface area (Å²) in [6.07, 6.45) is 2.89. The molecule has 0 aromatic rings. The van der Waals surface area contributed by atoms with Crippen LogP contribution in [-0.4, -0.2) is 18.9 Å². The number of Topliss-reactive ketones (excluding diaryl/α,β-unsaturated/α-hetero) is 1. The second-order valence-electron chi connectivity index (χ2n) is 5.74. The molecule has 2 rings (SSSR count). The van der Waals surface area contributed by atoms with Gasteiger partial charge in [0.25, 0.3) is 0 Å². The molecule has 0 aromatic carbocycles. The number of nitriles is 1. The van der Waals surface area contributed by atoms with Crippen molar-refractivity contribution in [2.24, 2.45) is 16.7 Å². The van der Waals surface area contributed by atoms with Crippen molar-refractivity contribution in [2.45, 2.75) is 27.2 Å². The van der Waals surface area contributed by atoms with Gasteiger partial charge in [-0.3, -0.25) is 4.79 Å². The molecule has 2 atom stereocenters. The van der Waals surface area contributed by atoms with Gasteiger partial charge in [-0.15, -0.1) is 0 Å². The summed E-state index contributed by atoms with van der Waals surface area (Å²) in [6.45, 7) is 7.93. The standard InChI is InChI=1S/C13H18N2O/c1-12(2)10-4-5-15-8-13(10,3)6-9(7-14)11(12)16/h6,10,15H,4-5,8H2,1-3H3/t10-,13+/m0/s1. The van der Waals surface area contributed by atoms with Crippen molar-refractivity contribution in [3.8, 4) is 6.07 Å². The summed E-state index contributed by atoms with van der Waals surface area (Å²) in [7, 11) is 0. The van der Waals surface area contributed by atoms with Crippen molar-refractivity contribution >= 4 is 5.78 Å². The second-order valence-corrected chi connectivity index (χ2v) is 5.74. The number of nitrogens with one attached hydrogen (secondary N) is 1. The van der Waals surface area contributed by atoms with Gasteiger partial charge < -0.3 is 5.32 Å². The maximum absolute atomic E-state index is 12.2. The zero-order valence-electron chi connectivity index (χ0n) is 10.1. The van der Waals surface area contributed by atoms with Crippen molar-refractivity contribution in [1.82, 2.24) is 5.32 Å². The minimum atomic E-state index is -0.406. The van der Waals surface area contributed by atoms with Gasteiger partial charge in [-0.25, -0.2) is 0 Å². The molecule has 0 radical (unpaired) electrons. The van der Waals surface area contributed by atoms with E-state index in [0.717, 1.165) is 19.5 Å². The predicted octanol–water partition coefficient (Wildman–Crippen LogP) is 1.66. The topological polar surface area (TPSA) is 52.9 Å². The van der Waals surface area contributed by atoms with Gasteiger partial charge in [-0.2, -0.15) is 5.26 Å². The van der Waals surface area contributed by atoms with Gasteiger partial charge in [0.15, 0.2) is 5.78 Å². The van der Waals surface area contributed by atoms with Crippen LogP contribution in [0.5, 0.6) is 0 Å². The fraction of sp³-hybridized carbons (Fsp3) is 0.692. The summed E-state index contributed by atoms with van der Waals surface area (Å²) in [4.78, 5) is 12.2. The molecule has 0 unspecified atom stereocenters. The highest BCUT2D eigenvalue weighted by Gasteiger charge is 2.51. The van der Waals surface area contributed by atoms with E-state index in [0.29, 0.717) is 11.5 Å². The van der Waals surface area contributed by atoms with E-state index in [-0.39, 0.29) is 11.2 Å². The van der Waals surface area contributed by atoms with E-state index >= 15 is 0 Å². The fourth-order valence-electron chi connectivity index (χ4n) is 3.38. The first-order valence-corrected chi connectivity index (χ1v) is 5.80. The maximum Gasteiger partial charge on any atom is 0.178 e. The van der Waals surface area contributed by atoms with E-state index in [1.54, 1.807) is 0 Å². The summed E-state index contributed by atoms with van der Waals surface area (Å²) in [5.41, 5.74) is -0.121. The lowest BCUT2D eigenvalue weighted by Gasteiger charge is -2.50. The molecule has 16 heavy (non-hydrogen) atoms. The number of nitrogens with zero attached hydrogens (tertiary/aromatic N) is 1. The molecule has 1 heterocycles. The zero-order chi connectivity index (χ0) is 12.0. The third-order valence-electron chi connectivity index (χ3n) is 4.21. The van der Waals surface area contributed by atoms with Gasteiger partial charge in [0.05, 0.1) is 5.57 Å². The third kappa shape index (κ3) is 1.41. The molecular weight excluding hydrogens is 200 g/mol. The molecular formula is C13H18N2O. The molecule has 0 saturated carbocycles.